The Bertz CT molecular complexity index is 1510. The van der Waals surface area contributed by atoms with Crippen molar-refractivity contribution in [3.05, 3.63) is 58.1 Å². The number of hydrogen-bond acceptors (Lipinski definition) is 8. The number of pyridine rings is 1. The summed E-state index contributed by atoms with van der Waals surface area (Å²) in [5, 5.41) is 12.6. The first-order valence-corrected chi connectivity index (χ1v) is 15.6. The second kappa shape index (κ2) is 10.4. The van der Waals surface area contributed by atoms with Gasteiger partial charge in [-0.15, -0.1) is 11.3 Å². The van der Waals surface area contributed by atoms with E-state index in [0.29, 0.717) is 18.7 Å². The molecule has 1 atom stereocenters. The molecule has 0 radical (unpaired) electrons. The van der Waals surface area contributed by atoms with Gasteiger partial charge in [0.25, 0.3) is 10.1 Å². The molecule has 0 spiro atoms. The molecule has 2 heterocycles. The lowest BCUT2D eigenvalue weighted by Gasteiger charge is -2.40. The van der Waals surface area contributed by atoms with Crippen molar-refractivity contribution in [2.75, 3.05) is 13.2 Å². The molecule has 2 aliphatic carbocycles. The molecule has 1 fully saturated rings. The van der Waals surface area contributed by atoms with Crippen molar-refractivity contribution in [2.24, 2.45) is 5.92 Å². The lowest BCUT2D eigenvalue weighted by molar-refractivity contribution is 0.0390. The third-order valence-corrected chi connectivity index (χ3v) is 9.74. The predicted molar refractivity (Wildman–Crippen MR) is 152 cm³/mol. The number of hydrogen-bond donors (Lipinski definition) is 1. The molecule has 40 heavy (non-hydrogen) atoms. The monoisotopic (exact) mass is 585 g/mol. The molecule has 11 heteroatoms. The summed E-state index contributed by atoms with van der Waals surface area (Å²) in [5.41, 5.74) is 3.53. The summed E-state index contributed by atoms with van der Waals surface area (Å²) in [6.07, 6.45) is 3.47. The zero-order chi connectivity index (χ0) is 28.9. The zero-order valence-electron chi connectivity index (χ0n) is 23.4. The molecule has 9 nitrogen and oxygen atoms in total. The number of fused-ring (bicyclic) bond motifs is 1. The smallest absolute Gasteiger partial charge is 0.408 e. The van der Waals surface area contributed by atoms with E-state index in [0.717, 1.165) is 45.8 Å². The van der Waals surface area contributed by atoms with Crippen molar-refractivity contribution in [3.8, 4) is 16.6 Å². The molecule has 1 amide bonds. The summed E-state index contributed by atoms with van der Waals surface area (Å²) < 4.78 is 37.4. The quantitative estimate of drug-likeness (QED) is 0.321. The summed E-state index contributed by atoms with van der Waals surface area (Å²) in [4.78, 5) is 23.2. The topological polar surface area (TPSA) is 119 Å². The van der Waals surface area contributed by atoms with Gasteiger partial charge in [0.05, 0.1) is 17.0 Å². The maximum atomic E-state index is 12.8. The number of carbonyl (C=O) groups is 1. The van der Waals surface area contributed by atoms with E-state index in [2.05, 4.69) is 4.98 Å². The molecule has 0 saturated heterocycles. The highest BCUT2D eigenvalue weighted by molar-refractivity contribution is 7.86. The lowest BCUT2D eigenvalue weighted by Crippen LogP contribution is -2.55. The number of thiazole rings is 1. The molecule has 214 valence electrons. The van der Waals surface area contributed by atoms with Gasteiger partial charge in [0.1, 0.15) is 17.3 Å². The summed E-state index contributed by atoms with van der Waals surface area (Å²) in [6, 6.07) is 6.62. The molecule has 0 bridgehead atoms. The van der Waals surface area contributed by atoms with E-state index in [1.807, 2.05) is 40.0 Å². The van der Waals surface area contributed by atoms with Gasteiger partial charge in [-0.2, -0.15) is 8.42 Å². The number of nitrogens with zero attached hydrogens (tertiary/aromatic N) is 3. The Morgan fingerprint density at radius 1 is 1.15 bits per heavy atom. The van der Waals surface area contributed by atoms with Crippen LogP contribution in [-0.4, -0.2) is 58.8 Å². The molecule has 5 rings (SSSR count). The SMILES string of the molecule is Cc1ccc(S(=O)(=O)OCC2Cc3c(-c4nccs4)nc(OCC4(N(C(=O)O)C(C)(C)C)CC4)c(C)c3C2)cc1. The third kappa shape index (κ3) is 5.59. The molecule has 1 saturated carbocycles. The molecule has 2 aliphatic rings. The maximum absolute atomic E-state index is 12.8. The van der Waals surface area contributed by atoms with Crippen molar-refractivity contribution in [2.45, 2.75) is 76.3 Å². The highest BCUT2D eigenvalue weighted by Gasteiger charge is 2.55. The van der Waals surface area contributed by atoms with Crippen LogP contribution in [0.3, 0.4) is 0 Å². The fourth-order valence-corrected chi connectivity index (χ4v) is 7.24. The number of rotatable bonds is 9. The minimum absolute atomic E-state index is 0.0529. The van der Waals surface area contributed by atoms with Crippen molar-refractivity contribution >= 4 is 27.5 Å². The van der Waals surface area contributed by atoms with E-state index >= 15 is 0 Å². The molecule has 1 aromatic carbocycles. The zero-order valence-corrected chi connectivity index (χ0v) is 25.1. The van der Waals surface area contributed by atoms with Crippen LogP contribution in [0.1, 0.15) is 55.9 Å². The first-order chi connectivity index (χ1) is 18.8. The fourth-order valence-electron chi connectivity index (χ4n) is 5.61. The summed E-state index contributed by atoms with van der Waals surface area (Å²) >= 11 is 1.48. The van der Waals surface area contributed by atoms with Crippen LogP contribution in [-0.2, 0) is 27.1 Å². The summed E-state index contributed by atoms with van der Waals surface area (Å²) in [5.74, 6) is 0.408. The number of amides is 1. The van der Waals surface area contributed by atoms with Gasteiger partial charge in [-0.1, -0.05) is 17.7 Å². The van der Waals surface area contributed by atoms with Crippen LogP contribution in [0.2, 0.25) is 0 Å². The Labute approximate surface area is 239 Å². The van der Waals surface area contributed by atoms with Gasteiger partial charge < -0.3 is 9.84 Å². The lowest BCUT2D eigenvalue weighted by atomic mass is 10.0. The summed E-state index contributed by atoms with van der Waals surface area (Å²) in [6.45, 7) is 9.80. The Hall–Kier alpha value is -3.02. The van der Waals surface area contributed by atoms with Crippen LogP contribution < -0.4 is 4.74 Å². The Morgan fingerprint density at radius 2 is 1.82 bits per heavy atom. The molecule has 3 aromatic rings. The standard InChI is InChI=1S/C29H35N3O6S2/c1-18-6-8-21(9-7-18)40(35,36)38-16-20-14-22-19(2)25(31-24(23(22)15-20)26-30-12-13-39-26)37-17-29(10-11-29)32(27(33)34)28(3,4)5/h6-9,12-13,20H,10-11,14-17H2,1-5H3,(H,33,34). The van der Waals surface area contributed by atoms with E-state index in [4.69, 9.17) is 13.9 Å². The van der Waals surface area contributed by atoms with E-state index < -0.39 is 27.3 Å². The normalized spacial score (nSPS) is 17.9. The molecule has 1 unspecified atom stereocenters. The Kier molecular flexibility index (Phi) is 7.43. The van der Waals surface area contributed by atoms with Crippen LogP contribution >= 0.6 is 11.3 Å². The number of ether oxygens (including phenoxy) is 1. The third-order valence-electron chi connectivity index (χ3n) is 7.67. The van der Waals surface area contributed by atoms with Crippen LogP contribution in [0.15, 0.2) is 40.7 Å². The molecular weight excluding hydrogens is 550 g/mol. The molecule has 1 N–H and O–H groups in total. The highest BCUT2D eigenvalue weighted by atomic mass is 32.2. The Balaban J connectivity index is 1.38. The van der Waals surface area contributed by atoms with E-state index in [1.54, 1.807) is 30.5 Å². The highest BCUT2D eigenvalue weighted by Crippen LogP contribution is 2.46. The van der Waals surface area contributed by atoms with Gasteiger partial charge in [0.2, 0.25) is 5.88 Å². The number of benzene rings is 1. The second-order valence-corrected chi connectivity index (χ2v) is 14.3. The van der Waals surface area contributed by atoms with E-state index in [1.165, 1.54) is 16.2 Å². The van der Waals surface area contributed by atoms with Crippen LogP contribution in [0.4, 0.5) is 4.79 Å². The minimum atomic E-state index is -3.87. The second-order valence-electron chi connectivity index (χ2n) is 11.8. The van der Waals surface area contributed by atoms with Crippen molar-refractivity contribution in [1.29, 1.82) is 0 Å². The van der Waals surface area contributed by atoms with Crippen molar-refractivity contribution in [1.82, 2.24) is 14.9 Å². The first kappa shape index (κ1) is 28.5. The number of aromatic nitrogens is 2. The number of aryl methyl sites for hydroxylation is 1. The average molecular weight is 586 g/mol. The van der Waals surface area contributed by atoms with Crippen molar-refractivity contribution < 1.29 is 27.2 Å². The van der Waals surface area contributed by atoms with E-state index in [9.17, 15) is 18.3 Å². The van der Waals surface area contributed by atoms with Gasteiger partial charge >= 0.3 is 6.09 Å². The van der Waals surface area contributed by atoms with E-state index in [-0.39, 0.29) is 24.0 Å². The number of carboxylic acid groups (broad SMARTS) is 1. The Morgan fingerprint density at radius 3 is 2.40 bits per heavy atom. The summed E-state index contributed by atoms with van der Waals surface area (Å²) in [7, 11) is -3.87. The average Bonchev–Trinajstić information content (AvgIpc) is 3.26. The minimum Gasteiger partial charge on any atom is -0.475 e. The predicted octanol–water partition coefficient (Wildman–Crippen LogP) is 5.63. The van der Waals surface area contributed by atoms with Gasteiger partial charge in [-0.3, -0.25) is 9.08 Å². The van der Waals surface area contributed by atoms with Gasteiger partial charge in [0.15, 0.2) is 0 Å². The van der Waals surface area contributed by atoms with Gasteiger partial charge in [-0.05, 0) is 89.5 Å². The van der Waals surface area contributed by atoms with Gasteiger partial charge in [0, 0.05) is 22.7 Å². The maximum Gasteiger partial charge on any atom is 0.408 e. The van der Waals surface area contributed by atoms with Crippen molar-refractivity contribution in [3.63, 3.8) is 0 Å². The first-order valence-electron chi connectivity index (χ1n) is 13.4. The van der Waals surface area contributed by atoms with Crippen LogP contribution in [0.5, 0.6) is 5.88 Å². The molecular formula is C29H35N3O6S2. The van der Waals surface area contributed by atoms with Gasteiger partial charge in [-0.25, -0.2) is 14.8 Å². The molecule has 0 aliphatic heterocycles. The molecule has 2 aromatic heterocycles. The fraction of sp³-hybridized carbons (Fsp3) is 0.483. The largest absolute Gasteiger partial charge is 0.475 e. The van der Waals surface area contributed by atoms with Crippen LogP contribution in [0, 0.1) is 19.8 Å². The van der Waals surface area contributed by atoms with Crippen LogP contribution in [0.25, 0.3) is 10.7 Å².